The highest BCUT2D eigenvalue weighted by atomic mass is 32.2. The molecule has 0 spiro atoms. The van der Waals surface area contributed by atoms with Gasteiger partial charge in [-0.1, -0.05) is 6.92 Å². The lowest BCUT2D eigenvalue weighted by Gasteiger charge is -2.18. The molecule has 1 amide bonds. The number of hydrogen-bond acceptors (Lipinski definition) is 6. The predicted molar refractivity (Wildman–Crippen MR) is 92.9 cm³/mol. The average molecular weight is 374 g/mol. The van der Waals surface area contributed by atoms with Crippen LogP contribution in [0.1, 0.15) is 41.0 Å². The van der Waals surface area contributed by atoms with Gasteiger partial charge in [0.15, 0.2) is 15.7 Å². The van der Waals surface area contributed by atoms with Crippen LogP contribution in [-0.2, 0) is 14.6 Å². The maximum Gasteiger partial charge on any atom is 0.341 e. The maximum atomic E-state index is 14.5. The number of sulfone groups is 1. The molecule has 0 fully saturated rings. The monoisotopic (exact) mass is 374 g/mol. The number of carbonyl (C=O) groups excluding carboxylic acids is 2. The molecule has 0 aromatic heterocycles. The van der Waals surface area contributed by atoms with E-state index in [1.54, 1.807) is 14.0 Å². The van der Waals surface area contributed by atoms with Gasteiger partial charge in [0.1, 0.15) is 5.88 Å². The minimum absolute atomic E-state index is 0.0400. The fourth-order valence-corrected chi connectivity index (χ4v) is 2.52. The van der Waals surface area contributed by atoms with Gasteiger partial charge in [0.2, 0.25) is 0 Å². The minimum atomic E-state index is -3.43. The summed E-state index contributed by atoms with van der Waals surface area (Å²) in [6.45, 7) is 4.00. The van der Waals surface area contributed by atoms with Gasteiger partial charge in [-0.2, -0.15) is 0 Å². The van der Waals surface area contributed by atoms with Crippen LogP contribution in [0.2, 0.25) is 0 Å². The number of nitrogens with one attached hydrogen (secondary N) is 1. The first-order chi connectivity index (χ1) is 11.6. The molecule has 0 aliphatic rings. The molecule has 0 aliphatic carbocycles. The molecule has 1 aromatic rings. The maximum absolute atomic E-state index is 14.5. The van der Waals surface area contributed by atoms with Gasteiger partial charge in [0.05, 0.1) is 17.9 Å². The Kier molecular flexibility index (Phi) is 7.35. The third-order valence-electron chi connectivity index (χ3n) is 3.25. The molecule has 0 atom stereocenters. The third kappa shape index (κ3) is 6.00. The first-order valence-electron chi connectivity index (χ1n) is 7.78. The third-order valence-corrected chi connectivity index (χ3v) is 3.91. The highest BCUT2D eigenvalue weighted by Gasteiger charge is 2.22. The molecule has 25 heavy (non-hydrogen) atoms. The quantitative estimate of drug-likeness (QED) is 0.699. The van der Waals surface area contributed by atoms with E-state index >= 15 is 0 Å². The summed E-state index contributed by atoms with van der Waals surface area (Å²) in [7, 11) is -1.84. The summed E-state index contributed by atoms with van der Waals surface area (Å²) < 4.78 is 41.9. The molecule has 7 nitrogen and oxygen atoms in total. The van der Waals surface area contributed by atoms with Gasteiger partial charge in [0, 0.05) is 25.4 Å². The summed E-state index contributed by atoms with van der Waals surface area (Å²) in [6, 6.07) is 2.31. The standard InChI is InChI=1S/C16H23FN2O5S/c1-5-7-19(3)15(20)11-8-12(16(21)24-6-2)14(17)13(9-11)18-10-25(4,22)23/h8-9,18H,5-7,10H2,1-4H3. The molecule has 0 saturated carbocycles. The number of nitrogens with zero attached hydrogens (tertiary/aromatic N) is 1. The summed E-state index contributed by atoms with van der Waals surface area (Å²) in [5, 5.41) is 2.41. The molecule has 1 aromatic carbocycles. The minimum Gasteiger partial charge on any atom is -0.462 e. The van der Waals surface area contributed by atoms with E-state index in [1.165, 1.54) is 11.0 Å². The number of esters is 1. The average Bonchev–Trinajstić information content (AvgIpc) is 2.52. The topological polar surface area (TPSA) is 92.8 Å². The number of halogens is 1. The van der Waals surface area contributed by atoms with Crippen molar-refractivity contribution in [1.82, 2.24) is 4.90 Å². The number of ether oxygens (including phenoxy) is 1. The number of rotatable bonds is 8. The van der Waals surface area contributed by atoms with Crippen molar-refractivity contribution in [1.29, 1.82) is 0 Å². The van der Waals surface area contributed by atoms with Crippen LogP contribution < -0.4 is 5.32 Å². The van der Waals surface area contributed by atoms with Crippen LogP contribution in [-0.4, -0.2) is 57.5 Å². The molecule has 1 N–H and O–H groups in total. The first-order valence-corrected chi connectivity index (χ1v) is 9.84. The summed E-state index contributed by atoms with van der Waals surface area (Å²) in [5.41, 5.74) is -0.603. The smallest absolute Gasteiger partial charge is 0.341 e. The number of hydrogen-bond donors (Lipinski definition) is 1. The van der Waals surface area contributed by atoms with Crippen molar-refractivity contribution in [2.45, 2.75) is 20.3 Å². The second kappa shape index (κ2) is 8.80. The van der Waals surface area contributed by atoms with Crippen LogP contribution in [0.5, 0.6) is 0 Å². The van der Waals surface area contributed by atoms with Crippen molar-refractivity contribution < 1.29 is 27.1 Å². The second-order valence-electron chi connectivity index (χ2n) is 5.58. The van der Waals surface area contributed by atoms with Crippen molar-refractivity contribution >= 4 is 27.4 Å². The van der Waals surface area contributed by atoms with Gasteiger partial charge in [-0.15, -0.1) is 0 Å². The van der Waals surface area contributed by atoms with Gasteiger partial charge >= 0.3 is 5.97 Å². The van der Waals surface area contributed by atoms with E-state index in [0.29, 0.717) is 6.54 Å². The molecule has 0 saturated heterocycles. The first kappa shape index (κ1) is 20.9. The molecule has 0 bridgehead atoms. The van der Waals surface area contributed by atoms with Crippen LogP contribution in [0.25, 0.3) is 0 Å². The molecule has 0 heterocycles. The van der Waals surface area contributed by atoms with Crippen molar-refractivity contribution in [3.63, 3.8) is 0 Å². The Bertz CT molecular complexity index is 749. The predicted octanol–water partition coefficient (Wildman–Crippen LogP) is 1.90. The molecule has 1 rings (SSSR count). The van der Waals surface area contributed by atoms with E-state index in [0.717, 1.165) is 18.7 Å². The zero-order valence-corrected chi connectivity index (χ0v) is 15.6. The zero-order valence-electron chi connectivity index (χ0n) is 14.8. The van der Waals surface area contributed by atoms with E-state index in [4.69, 9.17) is 4.74 Å². The molecule has 0 aliphatic heterocycles. The Labute approximate surface area is 147 Å². The molecular weight excluding hydrogens is 351 g/mol. The van der Waals surface area contributed by atoms with Gasteiger partial charge < -0.3 is 15.0 Å². The number of benzene rings is 1. The Morgan fingerprint density at radius 2 is 1.92 bits per heavy atom. The highest BCUT2D eigenvalue weighted by Crippen LogP contribution is 2.23. The summed E-state index contributed by atoms with van der Waals surface area (Å²) >= 11 is 0. The van der Waals surface area contributed by atoms with Crippen molar-refractivity contribution in [3.05, 3.63) is 29.1 Å². The molecular formula is C16H23FN2O5S. The van der Waals surface area contributed by atoms with Gasteiger partial charge in [-0.3, -0.25) is 4.79 Å². The lowest BCUT2D eigenvalue weighted by Crippen LogP contribution is -2.28. The summed E-state index contributed by atoms with van der Waals surface area (Å²) in [5.74, 6) is -2.82. The summed E-state index contributed by atoms with van der Waals surface area (Å²) in [4.78, 5) is 25.8. The second-order valence-corrected chi connectivity index (χ2v) is 7.72. The molecule has 0 unspecified atom stereocenters. The Morgan fingerprint density at radius 3 is 2.44 bits per heavy atom. The van der Waals surface area contributed by atoms with Crippen LogP contribution in [0.3, 0.4) is 0 Å². The van der Waals surface area contributed by atoms with Crippen LogP contribution in [0, 0.1) is 5.82 Å². The van der Waals surface area contributed by atoms with Crippen molar-refractivity contribution in [3.8, 4) is 0 Å². The summed E-state index contributed by atoms with van der Waals surface area (Å²) in [6.07, 6.45) is 1.71. The number of anilines is 1. The lowest BCUT2D eigenvalue weighted by molar-refractivity contribution is 0.0521. The van der Waals surface area contributed by atoms with Crippen LogP contribution in [0.4, 0.5) is 10.1 Å². The lowest BCUT2D eigenvalue weighted by atomic mass is 10.1. The number of carbonyl (C=O) groups is 2. The van der Waals surface area contributed by atoms with Crippen LogP contribution in [0.15, 0.2) is 12.1 Å². The Morgan fingerprint density at radius 1 is 1.28 bits per heavy atom. The molecule has 0 radical (unpaired) electrons. The van der Waals surface area contributed by atoms with Gasteiger partial charge in [0.25, 0.3) is 5.91 Å². The normalized spacial score (nSPS) is 11.1. The fraction of sp³-hybridized carbons (Fsp3) is 0.500. The van der Waals surface area contributed by atoms with E-state index in [2.05, 4.69) is 5.32 Å². The van der Waals surface area contributed by atoms with E-state index in [1.807, 2.05) is 6.92 Å². The molecule has 140 valence electrons. The Balaban J connectivity index is 3.35. The van der Waals surface area contributed by atoms with E-state index < -0.39 is 39.0 Å². The number of amides is 1. The Hall–Kier alpha value is -2.16. The zero-order chi connectivity index (χ0) is 19.2. The van der Waals surface area contributed by atoms with Gasteiger partial charge in [-0.25, -0.2) is 17.6 Å². The fourth-order valence-electron chi connectivity index (χ4n) is 2.10. The van der Waals surface area contributed by atoms with E-state index in [9.17, 15) is 22.4 Å². The largest absolute Gasteiger partial charge is 0.462 e. The van der Waals surface area contributed by atoms with Crippen molar-refractivity contribution in [2.24, 2.45) is 0 Å². The van der Waals surface area contributed by atoms with Crippen molar-refractivity contribution in [2.75, 3.05) is 37.6 Å². The van der Waals surface area contributed by atoms with Crippen LogP contribution >= 0.6 is 0 Å². The van der Waals surface area contributed by atoms with E-state index in [-0.39, 0.29) is 17.9 Å². The highest BCUT2D eigenvalue weighted by molar-refractivity contribution is 7.90. The SMILES string of the molecule is CCCN(C)C(=O)c1cc(NCS(C)(=O)=O)c(F)c(C(=O)OCC)c1. The molecule has 9 heteroatoms. The van der Waals surface area contributed by atoms with Gasteiger partial charge in [-0.05, 0) is 25.5 Å².